The number of benzene rings is 2. The van der Waals surface area contributed by atoms with Crippen LogP contribution in [0.1, 0.15) is 5.56 Å². The number of hydrogen-bond acceptors (Lipinski definition) is 6. The maximum absolute atomic E-state index is 13.3. The third-order valence-corrected chi connectivity index (χ3v) is 6.94. The molecule has 2 heterocycles. The van der Waals surface area contributed by atoms with E-state index in [1.54, 1.807) is 36.4 Å². The molecular weight excluding hydrogens is 416 g/mol. The molecule has 0 aromatic heterocycles. The number of fused-ring (bicyclic) bond motifs is 1. The van der Waals surface area contributed by atoms with E-state index in [2.05, 4.69) is 5.32 Å². The molecule has 4 rings (SSSR count). The zero-order chi connectivity index (χ0) is 20.6. The van der Waals surface area contributed by atoms with Crippen LogP contribution in [-0.2, 0) is 19.4 Å². The van der Waals surface area contributed by atoms with Crippen LogP contribution in [0.5, 0.6) is 5.75 Å². The van der Waals surface area contributed by atoms with Gasteiger partial charge in [0.05, 0.1) is 36.6 Å². The van der Waals surface area contributed by atoms with E-state index < -0.39 is 15.7 Å². The smallest absolute Gasteiger partial charge is 0.268 e. The Bertz CT molecular complexity index is 1110. The van der Waals surface area contributed by atoms with Crippen molar-refractivity contribution in [3.05, 3.63) is 58.0 Å². The molecule has 0 saturated carbocycles. The van der Waals surface area contributed by atoms with Gasteiger partial charge in [0.15, 0.2) is 4.91 Å². The molecular formula is C20H19ClN2O5S. The highest BCUT2D eigenvalue weighted by atomic mass is 35.5. The molecule has 1 amide bonds. The highest BCUT2D eigenvalue weighted by Crippen LogP contribution is 2.42. The van der Waals surface area contributed by atoms with Crippen molar-refractivity contribution in [2.45, 2.75) is 4.90 Å². The lowest BCUT2D eigenvalue weighted by Crippen LogP contribution is -2.42. The van der Waals surface area contributed by atoms with Gasteiger partial charge < -0.3 is 19.7 Å². The summed E-state index contributed by atoms with van der Waals surface area (Å²) in [5, 5.41) is 3.54. The molecule has 0 aliphatic carbocycles. The van der Waals surface area contributed by atoms with E-state index in [0.29, 0.717) is 48.3 Å². The molecule has 7 nitrogen and oxygen atoms in total. The first-order chi connectivity index (χ1) is 13.9. The lowest BCUT2D eigenvalue weighted by atomic mass is 10.1. The molecule has 29 heavy (non-hydrogen) atoms. The molecule has 1 N–H and O–H groups in total. The second kappa shape index (κ2) is 7.70. The van der Waals surface area contributed by atoms with E-state index in [1.807, 2.05) is 0 Å². The number of halogens is 1. The number of anilines is 1. The van der Waals surface area contributed by atoms with E-state index in [1.165, 1.54) is 18.1 Å². The van der Waals surface area contributed by atoms with E-state index in [0.717, 1.165) is 0 Å². The average Bonchev–Trinajstić information content (AvgIpc) is 2.95. The minimum absolute atomic E-state index is 0.0973. The number of carbonyl (C=O) groups excluding carboxylic acids is 1. The summed E-state index contributed by atoms with van der Waals surface area (Å²) in [5.41, 5.74) is 1.12. The summed E-state index contributed by atoms with van der Waals surface area (Å²) < 4.78 is 37.2. The molecule has 9 heteroatoms. The number of ether oxygens (including phenoxy) is 2. The predicted molar refractivity (Wildman–Crippen MR) is 110 cm³/mol. The van der Waals surface area contributed by atoms with Crippen molar-refractivity contribution in [1.29, 1.82) is 0 Å². The third kappa shape index (κ3) is 3.48. The Morgan fingerprint density at radius 1 is 1.17 bits per heavy atom. The van der Waals surface area contributed by atoms with Crippen molar-refractivity contribution in [2.75, 3.05) is 38.7 Å². The Kier molecular flexibility index (Phi) is 5.24. The Morgan fingerprint density at radius 2 is 1.90 bits per heavy atom. The largest absolute Gasteiger partial charge is 0.495 e. The molecule has 1 saturated heterocycles. The minimum atomic E-state index is -3.98. The van der Waals surface area contributed by atoms with Crippen LogP contribution in [0.3, 0.4) is 0 Å². The highest BCUT2D eigenvalue weighted by molar-refractivity contribution is 7.97. The molecule has 2 aliphatic rings. The fourth-order valence-electron chi connectivity index (χ4n) is 3.44. The fourth-order valence-corrected chi connectivity index (χ4v) is 5.34. The number of amides is 1. The molecule has 2 aromatic rings. The van der Waals surface area contributed by atoms with Gasteiger partial charge in [-0.3, -0.25) is 4.79 Å². The van der Waals surface area contributed by atoms with Crippen molar-refractivity contribution in [3.63, 3.8) is 0 Å². The number of methoxy groups -OCH3 is 1. The number of nitrogens with zero attached hydrogens (tertiary/aromatic N) is 1. The lowest BCUT2D eigenvalue weighted by Gasteiger charge is -2.27. The topological polar surface area (TPSA) is 84.9 Å². The number of carbonyl (C=O) groups is 1. The summed E-state index contributed by atoms with van der Waals surface area (Å²) in [6, 6.07) is 11.5. The summed E-state index contributed by atoms with van der Waals surface area (Å²) >= 11 is 6.12. The lowest BCUT2D eigenvalue weighted by molar-refractivity contribution is -0.130. The van der Waals surface area contributed by atoms with Gasteiger partial charge in [-0.2, -0.15) is 0 Å². The normalized spacial score (nSPS) is 17.8. The van der Waals surface area contributed by atoms with Gasteiger partial charge in [0, 0.05) is 23.7 Å². The first-order valence-electron chi connectivity index (χ1n) is 9.00. The van der Waals surface area contributed by atoms with Crippen molar-refractivity contribution < 1.29 is 22.7 Å². The zero-order valence-electron chi connectivity index (χ0n) is 15.6. The molecule has 0 atom stereocenters. The van der Waals surface area contributed by atoms with Gasteiger partial charge in [-0.15, -0.1) is 0 Å². The molecule has 0 spiro atoms. The van der Waals surface area contributed by atoms with Crippen LogP contribution in [-0.4, -0.2) is 52.6 Å². The summed E-state index contributed by atoms with van der Waals surface area (Å²) in [7, 11) is -2.48. The van der Waals surface area contributed by atoms with Gasteiger partial charge in [-0.1, -0.05) is 29.8 Å². The van der Waals surface area contributed by atoms with Crippen LogP contribution in [0, 0.1) is 0 Å². The van der Waals surface area contributed by atoms with Crippen molar-refractivity contribution in [3.8, 4) is 5.75 Å². The highest BCUT2D eigenvalue weighted by Gasteiger charge is 2.42. The number of nitrogens with one attached hydrogen (secondary N) is 1. The van der Waals surface area contributed by atoms with Crippen LogP contribution >= 0.6 is 11.6 Å². The van der Waals surface area contributed by atoms with E-state index in [-0.39, 0.29) is 15.5 Å². The van der Waals surface area contributed by atoms with Crippen LogP contribution < -0.4 is 10.1 Å². The third-order valence-electron chi connectivity index (χ3n) is 4.86. The Balaban J connectivity index is 1.87. The number of hydrogen-bond donors (Lipinski definition) is 1. The van der Waals surface area contributed by atoms with Gasteiger partial charge >= 0.3 is 0 Å². The van der Waals surface area contributed by atoms with Gasteiger partial charge in [0.2, 0.25) is 9.84 Å². The molecule has 0 bridgehead atoms. The fraction of sp³-hybridized carbons (Fsp3) is 0.250. The second-order valence-electron chi connectivity index (χ2n) is 6.58. The Hall–Kier alpha value is -2.55. The minimum Gasteiger partial charge on any atom is -0.495 e. The van der Waals surface area contributed by atoms with Crippen LogP contribution in [0.4, 0.5) is 5.69 Å². The Labute approximate surface area is 173 Å². The van der Waals surface area contributed by atoms with Crippen molar-refractivity contribution in [2.24, 2.45) is 0 Å². The molecule has 1 fully saturated rings. The quantitative estimate of drug-likeness (QED) is 0.796. The number of sulfone groups is 1. The molecule has 2 aliphatic heterocycles. The summed E-state index contributed by atoms with van der Waals surface area (Å²) in [6.07, 6.45) is 0. The average molecular weight is 435 g/mol. The second-order valence-corrected chi connectivity index (χ2v) is 8.87. The predicted octanol–water partition coefficient (Wildman–Crippen LogP) is 2.78. The van der Waals surface area contributed by atoms with Gasteiger partial charge in [0.25, 0.3) is 5.91 Å². The van der Waals surface area contributed by atoms with Crippen molar-refractivity contribution >= 4 is 38.7 Å². The van der Waals surface area contributed by atoms with Crippen LogP contribution in [0.25, 0.3) is 5.70 Å². The Morgan fingerprint density at radius 3 is 2.62 bits per heavy atom. The van der Waals surface area contributed by atoms with Gasteiger partial charge in [0.1, 0.15) is 5.75 Å². The van der Waals surface area contributed by atoms with Crippen molar-refractivity contribution in [1.82, 2.24) is 4.90 Å². The SMILES string of the molecule is COc1ccc(Cl)cc1NC1=C(C(=O)N2CCOCC2)S(=O)(=O)c2ccccc21. The van der Waals surface area contributed by atoms with E-state index in [4.69, 9.17) is 21.1 Å². The molecule has 0 radical (unpaired) electrons. The van der Waals surface area contributed by atoms with E-state index in [9.17, 15) is 13.2 Å². The molecule has 2 aromatic carbocycles. The molecule has 0 unspecified atom stereocenters. The summed E-state index contributed by atoms with van der Waals surface area (Å²) in [5.74, 6) is -0.0742. The number of rotatable bonds is 4. The van der Waals surface area contributed by atoms with Crippen LogP contribution in [0.2, 0.25) is 5.02 Å². The van der Waals surface area contributed by atoms with Gasteiger partial charge in [-0.25, -0.2) is 8.42 Å². The molecule has 152 valence electrons. The maximum Gasteiger partial charge on any atom is 0.268 e. The van der Waals surface area contributed by atoms with Gasteiger partial charge in [-0.05, 0) is 24.3 Å². The zero-order valence-corrected chi connectivity index (χ0v) is 17.2. The first-order valence-corrected chi connectivity index (χ1v) is 10.9. The summed E-state index contributed by atoms with van der Waals surface area (Å²) in [4.78, 5) is 14.6. The summed E-state index contributed by atoms with van der Waals surface area (Å²) in [6.45, 7) is 1.41. The monoisotopic (exact) mass is 434 g/mol. The maximum atomic E-state index is 13.3. The van der Waals surface area contributed by atoms with Crippen LogP contribution in [0.15, 0.2) is 52.3 Å². The first kappa shape index (κ1) is 19.8. The van der Waals surface area contributed by atoms with E-state index >= 15 is 0 Å². The standard InChI is InChI=1S/C20H19ClN2O5S/c1-27-16-7-6-13(21)12-15(16)22-18-14-4-2-3-5-17(14)29(25,26)19(18)20(24)23-8-10-28-11-9-23/h2-7,12,22H,8-11H2,1H3. The number of morpholine rings is 1.